The van der Waals surface area contributed by atoms with Crippen LogP contribution >= 0.6 is 0 Å². The number of benzene rings is 1. The molecular weight excluding hydrogens is 438 g/mol. The molecule has 0 aliphatic carbocycles. The number of ether oxygens (including phenoxy) is 5. The zero-order chi connectivity index (χ0) is 24.4. The second-order valence-corrected chi connectivity index (χ2v) is 6.69. The number of dihydropyridines is 1. The largest absolute Gasteiger partial charge is 0.513 e. The Hall–Kier alpha value is -4.11. The number of methoxy groups -OCH3 is 1. The number of nitrogens with zero attached hydrogens (tertiary/aromatic N) is 2. The molecule has 0 saturated heterocycles. The molecule has 1 aliphatic heterocycles. The Morgan fingerprint density at radius 3 is 2.24 bits per heavy atom. The Morgan fingerprint density at radius 1 is 1.09 bits per heavy atom. The third-order valence-corrected chi connectivity index (χ3v) is 4.38. The number of carbonyl (C=O) groups excluding carboxylic acids is 2. The molecule has 0 spiro atoms. The number of hydrogen-bond acceptors (Lipinski definition) is 11. The highest BCUT2D eigenvalue weighted by Gasteiger charge is 2.36. The molecule has 1 heterocycles. The van der Waals surface area contributed by atoms with Gasteiger partial charge in [0.2, 0.25) is 0 Å². The van der Waals surface area contributed by atoms with Gasteiger partial charge in [-0.2, -0.15) is 5.26 Å². The summed E-state index contributed by atoms with van der Waals surface area (Å²) in [5.41, 5.74) is 0.905. The van der Waals surface area contributed by atoms with Crippen LogP contribution in [0.1, 0.15) is 31.7 Å². The van der Waals surface area contributed by atoms with Crippen molar-refractivity contribution in [2.75, 3.05) is 26.9 Å². The van der Waals surface area contributed by atoms with Crippen LogP contribution in [0, 0.1) is 21.4 Å². The number of nitro groups is 1. The highest BCUT2D eigenvalue weighted by Crippen LogP contribution is 2.40. The van der Waals surface area contributed by atoms with Gasteiger partial charge in [-0.25, -0.2) is 9.59 Å². The molecule has 0 saturated carbocycles. The van der Waals surface area contributed by atoms with Crippen molar-refractivity contribution in [1.82, 2.24) is 5.32 Å². The fraction of sp³-hybridized carbons (Fsp3) is 0.381. The number of allylic oxidation sites excluding steroid dienone is 2. The zero-order valence-electron chi connectivity index (χ0n) is 18.3. The van der Waals surface area contributed by atoms with Gasteiger partial charge >= 0.3 is 12.3 Å². The number of rotatable bonds is 9. The SMILES string of the molecule is COCCOC(=O)OC1=C(C)NC(C)=C(OC(=O)OCCC#N)C1c1cccc([N+](=O)[O-])c1. The van der Waals surface area contributed by atoms with E-state index in [4.69, 9.17) is 28.9 Å². The molecule has 1 aromatic carbocycles. The van der Waals surface area contributed by atoms with Crippen LogP contribution in [0.2, 0.25) is 0 Å². The molecule has 176 valence electrons. The van der Waals surface area contributed by atoms with Crippen LogP contribution in [-0.4, -0.2) is 44.2 Å². The fourth-order valence-corrected chi connectivity index (χ4v) is 2.97. The van der Waals surface area contributed by atoms with Crippen LogP contribution in [0.15, 0.2) is 47.2 Å². The van der Waals surface area contributed by atoms with Crippen molar-refractivity contribution < 1.29 is 38.2 Å². The number of nitro benzene ring substituents is 1. The Labute approximate surface area is 189 Å². The van der Waals surface area contributed by atoms with Gasteiger partial charge in [0.25, 0.3) is 5.69 Å². The standard InChI is InChI=1S/C21H23N3O9/c1-13-18(32-20(25)30-9-5-8-22)17(15-6-4-7-16(12-15)24(27)28)19(14(2)23-13)33-21(26)31-11-10-29-3/h4,6-7,12,17,23H,5,9-11H2,1-3H3. The van der Waals surface area contributed by atoms with Gasteiger partial charge in [0.1, 0.15) is 30.6 Å². The maximum absolute atomic E-state index is 12.2. The van der Waals surface area contributed by atoms with Gasteiger partial charge in [0.15, 0.2) is 0 Å². The van der Waals surface area contributed by atoms with Gasteiger partial charge in [-0.3, -0.25) is 10.1 Å². The second-order valence-electron chi connectivity index (χ2n) is 6.69. The molecule has 12 nitrogen and oxygen atoms in total. The molecule has 33 heavy (non-hydrogen) atoms. The molecule has 1 unspecified atom stereocenters. The third kappa shape index (κ3) is 6.94. The van der Waals surface area contributed by atoms with Crippen LogP contribution in [-0.2, 0) is 23.7 Å². The van der Waals surface area contributed by atoms with E-state index in [9.17, 15) is 19.7 Å². The van der Waals surface area contributed by atoms with E-state index < -0.39 is 23.2 Å². The summed E-state index contributed by atoms with van der Waals surface area (Å²) in [7, 11) is 1.44. The predicted molar refractivity (Wildman–Crippen MR) is 111 cm³/mol. The summed E-state index contributed by atoms with van der Waals surface area (Å²) in [4.78, 5) is 35.1. The molecule has 0 aromatic heterocycles. The Morgan fingerprint density at radius 2 is 1.70 bits per heavy atom. The topological polar surface area (TPSA) is 159 Å². The number of nitrogens with one attached hydrogen (secondary N) is 1. The lowest BCUT2D eigenvalue weighted by molar-refractivity contribution is -0.384. The number of nitriles is 1. The summed E-state index contributed by atoms with van der Waals surface area (Å²) in [6, 6.07) is 7.43. The van der Waals surface area contributed by atoms with E-state index in [1.165, 1.54) is 25.3 Å². The van der Waals surface area contributed by atoms with Gasteiger partial charge in [-0.1, -0.05) is 12.1 Å². The minimum atomic E-state index is -1.08. The molecule has 1 atom stereocenters. The van der Waals surface area contributed by atoms with Crippen molar-refractivity contribution in [1.29, 1.82) is 5.26 Å². The molecule has 1 aromatic rings. The summed E-state index contributed by atoms with van der Waals surface area (Å²) < 4.78 is 25.4. The average Bonchev–Trinajstić information content (AvgIpc) is 2.77. The van der Waals surface area contributed by atoms with Gasteiger partial charge in [-0.05, 0) is 19.4 Å². The maximum Gasteiger partial charge on any atom is 0.513 e. The molecule has 0 amide bonds. The van der Waals surface area contributed by atoms with Crippen molar-refractivity contribution in [3.05, 3.63) is 62.9 Å². The minimum Gasteiger partial charge on any atom is -0.433 e. The van der Waals surface area contributed by atoms with Crippen molar-refractivity contribution in [2.24, 2.45) is 0 Å². The van der Waals surface area contributed by atoms with Gasteiger partial charge in [0, 0.05) is 19.2 Å². The lowest BCUT2D eigenvalue weighted by atomic mass is 9.90. The van der Waals surface area contributed by atoms with E-state index in [1.807, 2.05) is 6.07 Å². The first-order valence-corrected chi connectivity index (χ1v) is 9.76. The quantitative estimate of drug-likeness (QED) is 0.248. The Kier molecular flexibility index (Phi) is 9.19. The van der Waals surface area contributed by atoms with Crippen LogP contribution < -0.4 is 5.32 Å². The van der Waals surface area contributed by atoms with Crippen LogP contribution in [0.25, 0.3) is 0 Å². The normalized spacial score (nSPS) is 15.3. The van der Waals surface area contributed by atoms with Crippen LogP contribution in [0.4, 0.5) is 15.3 Å². The number of non-ortho nitro benzene ring substituents is 1. The average molecular weight is 461 g/mol. The third-order valence-electron chi connectivity index (χ3n) is 4.38. The predicted octanol–water partition coefficient (Wildman–Crippen LogP) is 3.61. The first-order chi connectivity index (χ1) is 15.8. The molecule has 0 fully saturated rings. The summed E-state index contributed by atoms with van der Waals surface area (Å²) in [6.07, 6.45) is -2.15. The molecular formula is C21H23N3O9. The summed E-state index contributed by atoms with van der Waals surface area (Å²) >= 11 is 0. The summed E-state index contributed by atoms with van der Waals surface area (Å²) in [5, 5.41) is 22.8. The molecule has 1 N–H and O–H groups in total. The summed E-state index contributed by atoms with van der Waals surface area (Å²) in [5.74, 6) is -0.990. The molecule has 0 radical (unpaired) electrons. The van der Waals surface area contributed by atoms with E-state index >= 15 is 0 Å². The molecule has 0 bridgehead atoms. The number of hydrogen-bond donors (Lipinski definition) is 1. The first kappa shape index (κ1) is 25.2. The second kappa shape index (κ2) is 12.1. The van der Waals surface area contributed by atoms with Crippen LogP contribution in [0.3, 0.4) is 0 Å². The van der Waals surface area contributed by atoms with Crippen molar-refractivity contribution in [2.45, 2.75) is 26.2 Å². The van der Waals surface area contributed by atoms with Crippen LogP contribution in [0.5, 0.6) is 0 Å². The van der Waals surface area contributed by atoms with E-state index in [2.05, 4.69) is 5.32 Å². The summed E-state index contributed by atoms with van der Waals surface area (Å²) in [6.45, 7) is 3.15. The van der Waals surface area contributed by atoms with Gasteiger partial charge in [0.05, 0.1) is 35.4 Å². The van der Waals surface area contributed by atoms with Crippen molar-refractivity contribution in [3.63, 3.8) is 0 Å². The van der Waals surface area contributed by atoms with E-state index in [0.717, 1.165) is 0 Å². The lowest BCUT2D eigenvalue weighted by Crippen LogP contribution is -2.29. The minimum absolute atomic E-state index is 0.00254. The van der Waals surface area contributed by atoms with Gasteiger partial charge < -0.3 is 29.0 Å². The molecule has 1 aliphatic rings. The van der Waals surface area contributed by atoms with Crippen molar-refractivity contribution >= 4 is 18.0 Å². The zero-order valence-corrected chi connectivity index (χ0v) is 18.3. The fourth-order valence-electron chi connectivity index (χ4n) is 2.97. The Balaban J connectivity index is 2.42. The molecule has 2 rings (SSSR count). The lowest BCUT2D eigenvalue weighted by Gasteiger charge is -2.30. The smallest absolute Gasteiger partial charge is 0.433 e. The van der Waals surface area contributed by atoms with Crippen molar-refractivity contribution in [3.8, 4) is 6.07 Å². The molecule has 12 heteroatoms. The highest BCUT2D eigenvalue weighted by atomic mass is 16.7. The first-order valence-electron chi connectivity index (χ1n) is 9.76. The van der Waals surface area contributed by atoms with Gasteiger partial charge in [-0.15, -0.1) is 0 Å². The maximum atomic E-state index is 12.2. The monoisotopic (exact) mass is 461 g/mol. The van der Waals surface area contributed by atoms with E-state index in [-0.39, 0.29) is 43.4 Å². The van der Waals surface area contributed by atoms with E-state index in [1.54, 1.807) is 19.9 Å². The van der Waals surface area contributed by atoms with E-state index in [0.29, 0.717) is 17.0 Å². The highest BCUT2D eigenvalue weighted by molar-refractivity contribution is 5.65. The number of carbonyl (C=O) groups is 2. The Bertz CT molecular complexity index is 1010.